The van der Waals surface area contributed by atoms with Crippen LogP contribution in [0.15, 0.2) is 30.3 Å². The van der Waals surface area contributed by atoms with Crippen LogP contribution < -0.4 is 5.73 Å². The van der Waals surface area contributed by atoms with Gasteiger partial charge in [-0.25, -0.2) is 0 Å². The molecular formula is C16H25ClN2O. The van der Waals surface area contributed by atoms with Gasteiger partial charge in [0.15, 0.2) is 0 Å². The van der Waals surface area contributed by atoms with Gasteiger partial charge in [-0.1, -0.05) is 44.2 Å². The molecule has 3 nitrogen and oxygen atoms in total. The van der Waals surface area contributed by atoms with Crippen LogP contribution >= 0.6 is 12.4 Å². The highest BCUT2D eigenvalue weighted by molar-refractivity contribution is 5.85. The van der Waals surface area contributed by atoms with Crippen molar-refractivity contribution in [3.05, 3.63) is 35.9 Å². The molecule has 1 unspecified atom stereocenters. The molecule has 1 heterocycles. The Morgan fingerprint density at radius 3 is 2.40 bits per heavy atom. The van der Waals surface area contributed by atoms with E-state index < -0.39 is 6.04 Å². The lowest BCUT2D eigenvalue weighted by molar-refractivity contribution is -0.132. The SMILES string of the molecule is CCC1(CC)CCN(C(=O)C(N)c2ccccc2)C1.Cl. The Morgan fingerprint density at radius 2 is 1.90 bits per heavy atom. The van der Waals surface area contributed by atoms with Crippen LogP contribution in [-0.4, -0.2) is 23.9 Å². The predicted molar refractivity (Wildman–Crippen MR) is 84.8 cm³/mol. The van der Waals surface area contributed by atoms with Crippen LogP contribution in [0.5, 0.6) is 0 Å². The molecule has 1 fully saturated rings. The Kier molecular flexibility index (Phi) is 6.03. The molecule has 0 radical (unpaired) electrons. The molecule has 0 aromatic heterocycles. The smallest absolute Gasteiger partial charge is 0.244 e. The molecule has 1 amide bonds. The minimum Gasteiger partial charge on any atom is -0.340 e. The van der Waals surface area contributed by atoms with Crippen LogP contribution in [0, 0.1) is 5.41 Å². The molecule has 1 aliphatic rings. The average molecular weight is 297 g/mol. The molecule has 4 heteroatoms. The predicted octanol–water partition coefficient (Wildman–Crippen LogP) is 3.15. The summed E-state index contributed by atoms with van der Waals surface area (Å²) >= 11 is 0. The van der Waals surface area contributed by atoms with E-state index in [0.29, 0.717) is 5.41 Å². The molecule has 0 aliphatic carbocycles. The number of carbonyl (C=O) groups is 1. The Bertz CT molecular complexity index is 431. The summed E-state index contributed by atoms with van der Waals surface area (Å²) in [6, 6.07) is 9.11. The second kappa shape index (κ2) is 7.09. The number of nitrogens with zero attached hydrogens (tertiary/aromatic N) is 1. The molecule has 0 saturated carbocycles. The van der Waals surface area contributed by atoms with E-state index in [1.165, 1.54) is 0 Å². The molecule has 1 atom stereocenters. The average Bonchev–Trinajstić information content (AvgIpc) is 2.92. The quantitative estimate of drug-likeness (QED) is 0.928. The van der Waals surface area contributed by atoms with Crippen molar-refractivity contribution in [1.82, 2.24) is 4.90 Å². The number of benzene rings is 1. The fourth-order valence-electron chi connectivity index (χ4n) is 2.95. The van der Waals surface area contributed by atoms with Crippen LogP contribution in [0.3, 0.4) is 0 Å². The summed E-state index contributed by atoms with van der Waals surface area (Å²) < 4.78 is 0. The number of carbonyl (C=O) groups excluding carboxylic acids is 1. The highest BCUT2D eigenvalue weighted by Crippen LogP contribution is 2.37. The minimum atomic E-state index is -0.522. The van der Waals surface area contributed by atoms with Crippen molar-refractivity contribution >= 4 is 18.3 Å². The van der Waals surface area contributed by atoms with E-state index in [4.69, 9.17) is 5.73 Å². The van der Waals surface area contributed by atoms with E-state index in [9.17, 15) is 4.79 Å². The van der Waals surface area contributed by atoms with Crippen molar-refractivity contribution in [1.29, 1.82) is 0 Å². The van der Waals surface area contributed by atoms with Gasteiger partial charge >= 0.3 is 0 Å². The molecule has 1 saturated heterocycles. The normalized spacial score (nSPS) is 18.4. The Morgan fingerprint density at radius 1 is 1.30 bits per heavy atom. The second-order valence-corrected chi connectivity index (χ2v) is 5.61. The summed E-state index contributed by atoms with van der Waals surface area (Å²) in [6.07, 6.45) is 3.37. The van der Waals surface area contributed by atoms with E-state index in [0.717, 1.165) is 37.9 Å². The van der Waals surface area contributed by atoms with Crippen molar-refractivity contribution in [2.24, 2.45) is 11.1 Å². The fourth-order valence-corrected chi connectivity index (χ4v) is 2.95. The lowest BCUT2D eigenvalue weighted by Crippen LogP contribution is -2.38. The van der Waals surface area contributed by atoms with E-state index in [1.807, 2.05) is 35.2 Å². The Labute approximate surface area is 127 Å². The van der Waals surface area contributed by atoms with Gasteiger partial charge in [0.25, 0.3) is 0 Å². The third-order valence-corrected chi connectivity index (χ3v) is 4.67. The van der Waals surface area contributed by atoms with Gasteiger partial charge in [0.05, 0.1) is 0 Å². The van der Waals surface area contributed by atoms with Gasteiger partial charge in [0.1, 0.15) is 6.04 Å². The van der Waals surface area contributed by atoms with E-state index in [2.05, 4.69) is 13.8 Å². The van der Waals surface area contributed by atoms with Gasteiger partial charge < -0.3 is 10.6 Å². The number of rotatable bonds is 4. The third-order valence-electron chi connectivity index (χ3n) is 4.67. The first kappa shape index (κ1) is 17.0. The number of hydrogen-bond donors (Lipinski definition) is 1. The number of likely N-dealkylation sites (tertiary alicyclic amines) is 1. The first-order valence-electron chi connectivity index (χ1n) is 7.21. The number of nitrogens with two attached hydrogens (primary N) is 1. The van der Waals surface area contributed by atoms with Crippen LogP contribution in [0.4, 0.5) is 0 Å². The van der Waals surface area contributed by atoms with Crippen molar-refractivity contribution in [3.63, 3.8) is 0 Å². The highest BCUT2D eigenvalue weighted by Gasteiger charge is 2.38. The second-order valence-electron chi connectivity index (χ2n) is 5.61. The monoisotopic (exact) mass is 296 g/mol. The Hall–Kier alpha value is -1.06. The summed E-state index contributed by atoms with van der Waals surface area (Å²) in [5, 5.41) is 0. The zero-order valence-electron chi connectivity index (χ0n) is 12.3. The topological polar surface area (TPSA) is 46.3 Å². The van der Waals surface area contributed by atoms with Crippen molar-refractivity contribution < 1.29 is 4.79 Å². The summed E-state index contributed by atoms with van der Waals surface area (Å²) in [4.78, 5) is 14.4. The number of halogens is 1. The third kappa shape index (κ3) is 3.33. The lowest BCUT2D eigenvalue weighted by Gasteiger charge is -2.27. The van der Waals surface area contributed by atoms with Crippen molar-refractivity contribution in [2.75, 3.05) is 13.1 Å². The molecule has 1 aromatic rings. The molecule has 112 valence electrons. The summed E-state index contributed by atoms with van der Waals surface area (Å²) in [5.74, 6) is 0.0648. The van der Waals surface area contributed by atoms with Crippen molar-refractivity contribution in [2.45, 2.75) is 39.2 Å². The Balaban J connectivity index is 0.00000200. The van der Waals surface area contributed by atoms with E-state index in [-0.39, 0.29) is 18.3 Å². The summed E-state index contributed by atoms with van der Waals surface area (Å²) in [6.45, 7) is 6.14. The van der Waals surface area contributed by atoms with Gasteiger partial charge in [-0.3, -0.25) is 4.79 Å². The maximum absolute atomic E-state index is 12.5. The fraction of sp³-hybridized carbons (Fsp3) is 0.562. The molecule has 2 rings (SSSR count). The standard InChI is InChI=1S/C16H24N2O.ClH/c1-3-16(4-2)10-11-18(12-16)15(19)14(17)13-8-6-5-7-9-13;/h5-9,14H,3-4,10-12,17H2,1-2H3;1H. The van der Waals surface area contributed by atoms with Crippen LogP contribution in [0.25, 0.3) is 0 Å². The maximum atomic E-state index is 12.5. The summed E-state index contributed by atoms with van der Waals surface area (Å²) in [7, 11) is 0. The maximum Gasteiger partial charge on any atom is 0.244 e. The van der Waals surface area contributed by atoms with Gasteiger partial charge in [-0.15, -0.1) is 12.4 Å². The van der Waals surface area contributed by atoms with E-state index in [1.54, 1.807) is 0 Å². The lowest BCUT2D eigenvalue weighted by atomic mass is 9.82. The molecule has 2 N–H and O–H groups in total. The van der Waals surface area contributed by atoms with E-state index >= 15 is 0 Å². The zero-order valence-corrected chi connectivity index (χ0v) is 13.2. The first-order valence-corrected chi connectivity index (χ1v) is 7.21. The van der Waals surface area contributed by atoms with Crippen LogP contribution in [-0.2, 0) is 4.79 Å². The van der Waals surface area contributed by atoms with Crippen LogP contribution in [0.2, 0.25) is 0 Å². The van der Waals surface area contributed by atoms with Crippen LogP contribution in [0.1, 0.15) is 44.7 Å². The zero-order chi connectivity index (χ0) is 13.9. The highest BCUT2D eigenvalue weighted by atomic mass is 35.5. The largest absolute Gasteiger partial charge is 0.340 e. The minimum absolute atomic E-state index is 0. The number of hydrogen-bond acceptors (Lipinski definition) is 2. The molecule has 20 heavy (non-hydrogen) atoms. The van der Waals surface area contributed by atoms with Crippen molar-refractivity contribution in [3.8, 4) is 0 Å². The molecule has 0 bridgehead atoms. The summed E-state index contributed by atoms with van der Waals surface area (Å²) in [5.41, 5.74) is 7.31. The molecule has 1 aliphatic heterocycles. The van der Waals surface area contributed by atoms with Gasteiger partial charge in [-0.2, -0.15) is 0 Å². The van der Waals surface area contributed by atoms with Gasteiger partial charge in [0.2, 0.25) is 5.91 Å². The van der Waals surface area contributed by atoms with Gasteiger partial charge in [0, 0.05) is 13.1 Å². The molecule has 0 spiro atoms. The van der Waals surface area contributed by atoms with Gasteiger partial charge in [-0.05, 0) is 30.2 Å². The molecule has 1 aromatic carbocycles. The number of amides is 1. The first-order chi connectivity index (χ1) is 9.12. The molecular weight excluding hydrogens is 272 g/mol.